The van der Waals surface area contributed by atoms with Crippen LogP contribution in [0.25, 0.3) is 0 Å². The van der Waals surface area contributed by atoms with E-state index >= 15 is 0 Å². The molecule has 0 unspecified atom stereocenters. The Hall–Kier alpha value is -2.01. The molecule has 1 N–H and O–H groups in total. The highest BCUT2D eigenvalue weighted by atomic mass is 32.1. The van der Waals surface area contributed by atoms with Gasteiger partial charge in [0.2, 0.25) is 0 Å². The molecule has 1 saturated heterocycles. The summed E-state index contributed by atoms with van der Waals surface area (Å²) in [5.41, 5.74) is 1.88. The zero-order valence-electron chi connectivity index (χ0n) is 12.6. The molecule has 2 aromatic rings. The largest absolute Gasteiger partial charge is 0.497 e. The van der Waals surface area contributed by atoms with Crippen LogP contribution in [0.2, 0.25) is 0 Å². The maximum absolute atomic E-state index is 12.3. The Morgan fingerprint density at radius 2 is 2.14 bits per heavy atom. The number of ether oxygens (including phenoxy) is 1. The number of nitrogens with one attached hydrogen (secondary N) is 1. The van der Waals surface area contributed by atoms with Gasteiger partial charge in [0.15, 0.2) is 0 Å². The number of piperidine rings is 1. The summed E-state index contributed by atoms with van der Waals surface area (Å²) < 4.78 is 5.24. The second-order valence-electron chi connectivity index (χ2n) is 5.45. The van der Waals surface area contributed by atoms with Crippen LogP contribution >= 0.6 is 11.3 Å². The molecular weight excluding hydrogens is 296 g/mol. The Bertz CT molecular complexity index is 619. The fourth-order valence-corrected chi connectivity index (χ4v) is 3.37. The third kappa shape index (κ3) is 3.42. The molecule has 0 radical (unpaired) electrons. The summed E-state index contributed by atoms with van der Waals surface area (Å²) in [5, 5.41) is 7.40. The number of hydrogen-bond acceptors (Lipinski definition) is 4. The molecule has 1 amide bonds. The van der Waals surface area contributed by atoms with Gasteiger partial charge in [-0.2, -0.15) is 11.3 Å². The Morgan fingerprint density at radius 1 is 1.32 bits per heavy atom. The Kier molecular flexibility index (Phi) is 4.63. The molecule has 0 aliphatic carbocycles. The molecule has 1 fully saturated rings. The summed E-state index contributed by atoms with van der Waals surface area (Å²) in [5.74, 6) is 1.01. The van der Waals surface area contributed by atoms with Crippen molar-refractivity contribution in [2.24, 2.45) is 0 Å². The first-order valence-electron chi connectivity index (χ1n) is 7.48. The van der Waals surface area contributed by atoms with Gasteiger partial charge < -0.3 is 15.0 Å². The van der Waals surface area contributed by atoms with Crippen molar-refractivity contribution in [2.45, 2.75) is 18.9 Å². The summed E-state index contributed by atoms with van der Waals surface area (Å²) in [6.45, 7) is 1.60. The quantitative estimate of drug-likeness (QED) is 0.939. The summed E-state index contributed by atoms with van der Waals surface area (Å²) in [4.78, 5) is 14.3. The van der Waals surface area contributed by atoms with Crippen molar-refractivity contribution < 1.29 is 9.53 Å². The maximum atomic E-state index is 12.3. The molecule has 0 atom stereocenters. The number of nitrogens with zero attached hydrogens (tertiary/aromatic N) is 1. The van der Waals surface area contributed by atoms with Crippen molar-refractivity contribution in [3.8, 4) is 5.75 Å². The fraction of sp³-hybridized carbons (Fsp3) is 0.353. The SMILES string of the molecule is COc1cccc(NC2CCN(C(=O)c3ccsc3)CC2)c1. The Balaban J connectivity index is 1.54. The summed E-state index contributed by atoms with van der Waals surface area (Å²) in [6.07, 6.45) is 1.93. The molecular formula is C17H20N2O2S. The highest BCUT2D eigenvalue weighted by molar-refractivity contribution is 7.08. The lowest BCUT2D eigenvalue weighted by molar-refractivity contribution is 0.0719. The van der Waals surface area contributed by atoms with Gasteiger partial charge in [-0.15, -0.1) is 0 Å². The summed E-state index contributed by atoms with van der Waals surface area (Å²) in [6, 6.07) is 10.3. The van der Waals surface area contributed by atoms with Crippen molar-refractivity contribution in [1.82, 2.24) is 4.90 Å². The first-order valence-corrected chi connectivity index (χ1v) is 8.42. The monoisotopic (exact) mass is 316 g/mol. The lowest BCUT2D eigenvalue weighted by Crippen LogP contribution is -2.42. The van der Waals surface area contributed by atoms with Crippen molar-refractivity contribution in [3.63, 3.8) is 0 Å². The van der Waals surface area contributed by atoms with Crippen LogP contribution in [0.4, 0.5) is 5.69 Å². The number of likely N-dealkylation sites (tertiary alicyclic amines) is 1. The first kappa shape index (κ1) is 14.9. The molecule has 5 heteroatoms. The van der Waals surface area contributed by atoms with E-state index in [2.05, 4.69) is 5.32 Å². The highest BCUT2D eigenvalue weighted by Gasteiger charge is 2.23. The van der Waals surface area contributed by atoms with E-state index < -0.39 is 0 Å². The molecule has 1 aliphatic rings. The van der Waals surface area contributed by atoms with Crippen LogP contribution in [-0.4, -0.2) is 37.0 Å². The van der Waals surface area contributed by atoms with Crippen LogP contribution in [0.15, 0.2) is 41.1 Å². The average molecular weight is 316 g/mol. The van der Waals surface area contributed by atoms with Crippen LogP contribution in [-0.2, 0) is 0 Å². The second-order valence-corrected chi connectivity index (χ2v) is 6.23. The number of benzene rings is 1. The van der Waals surface area contributed by atoms with E-state index in [0.29, 0.717) is 6.04 Å². The average Bonchev–Trinajstić information content (AvgIpc) is 3.09. The van der Waals surface area contributed by atoms with Gasteiger partial charge in [0.05, 0.1) is 12.7 Å². The maximum Gasteiger partial charge on any atom is 0.254 e. The van der Waals surface area contributed by atoms with Gasteiger partial charge in [-0.3, -0.25) is 4.79 Å². The van der Waals surface area contributed by atoms with Crippen LogP contribution in [0.1, 0.15) is 23.2 Å². The van der Waals surface area contributed by atoms with Crippen molar-refractivity contribution in [1.29, 1.82) is 0 Å². The molecule has 1 aromatic heterocycles. The predicted octanol–water partition coefficient (Wildman–Crippen LogP) is 3.47. The Morgan fingerprint density at radius 3 is 2.82 bits per heavy atom. The van der Waals surface area contributed by atoms with E-state index in [1.54, 1.807) is 18.4 Å². The molecule has 1 aliphatic heterocycles. The number of amides is 1. The summed E-state index contributed by atoms with van der Waals surface area (Å²) in [7, 11) is 1.67. The number of methoxy groups -OCH3 is 1. The minimum absolute atomic E-state index is 0.154. The lowest BCUT2D eigenvalue weighted by atomic mass is 10.0. The van der Waals surface area contributed by atoms with E-state index in [1.807, 2.05) is 46.0 Å². The predicted molar refractivity (Wildman–Crippen MR) is 89.9 cm³/mol. The number of carbonyl (C=O) groups excluding carboxylic acids is 1. The molecule has 116 valence electrons. The van der Waals surface area contributed by atoms with Gasteiger partial charge in [0.25, 0.3) is 5.91 Å². The number of thiophene rings is 1. The number of carbonyl (C=O) groups is 1. The number of hydrogen-bond donors (Lipinski definition) is 1. The smallest absolute Gasteiger partial charge is 0.254 e. The topological polar surface area (TPSA) is 41.6 Å². The molecule has 2 heterocycles. The molecule has 0 bridgehead atoms. The highest BCUT2D eigenvalue weighted by Crippen LogP contribution is 2.21. The zero-order valence-corrected chi connectivity index (χ0v) is 13.4. The van der Waals surface area contributed by atoms with Gasteiger partial charge >= 0.3 is 0 Å². The van der Waals surface area contributed by atoms with E-state index in [9.17, 15) is 4.79 Å². The molecule has 0 spiro atoms. The minimum Gasteiger partial charge on any atom is -0.497 e. The molecule has 4 nitrogen and oxygen atoms in total. The fourth-order valence-electron chi connectivity index (χ4n) is 2.74. The normalized spacial score (nSPS) is 15.6. The lowest BCUT2D eigenvalue weighted by Gasteiger charge is -2.32. The second kappa shape index (κ2) is 6.83. The van der Waals surface area contributed by atoms with Gasteiger partial charge in [-0.25, -0.2) is 0 Å². The first-order chi connectivity index (χ1) is 10.8. The van der Waals surface area contributed by atoms with Crippen molar-refractivity contribution in [2.75, 3.05) is 25.5 Å². The Labute approximate surface area is 134 Å². The van der Waals surface area contributed by atoms with Crippen molar-refractivity contribution >= 4 is 22.9 Å². The molecule has 3 rings (SSSR count). The van der Waals surface area contributed by atoms with Crippen LogP contribution in [0.5, 0.6) is 5.75 Å². The number of anilines is 1. The van der Waals surface area contributed by atoms with Gasteiger partial charge in [0.1, 0.15) is 5.75 Å². The van der Waals surface area contributed by atoms with E-state index in [-0.39, 0.29) is 5.91 Å². The van der Waals surface area contributed by atoms with E-state index in [1.165, 1.54) is 0 Å². The molecule has 22 heavy (non-hydrogen) atoms. The third-order valence-corrected chi connectivity index (χ3v) is 4.67. The third-order valence-electron chi connectivity index (χ3n) is 3.99. The van der Waals surface area contributed by atoms with Crippen LogP contribution in [0, 0.1) is 0 Å². The molecule has 0 saturated carbocycles. The van der Waals surface area contributed by atoms with Gasteiger partial charge in [0, 0.05) is 36.3 Å². The summed E-state index contributed by atoms with van der Waals surface area (Å²) >= 11 is 1.57. The number of rotatable bonds is 4. The van der Waals surface area contributed by atoms with Gasteiger partial charge in [-0.1, -0.05) is 6.07 Å². The molecule has 1 aromatic carbocycles. The van der Waals surface area contributed by atoms with Crippen LogP contribution in [0.3, 0.4) is 0 Å². The zero-order chi connectivity index (χ0) is 15.4. The van der Waals surface area contributed by atoms with E-state index in [0.717, 1.165) is 42.9 Å². The van der Waals surface area contributed by atoms with Gasteiger partial charge in [-0.05, 0) is 36.4 Å². The standard InChI is InChI=1S/C17H20N2O2S/c1-21-16-4-2-3-15(11-16)18-14-5-8-19(9-6-14)17(20)13-7-10-22-12-13/h2-4,7,10-12,14,18H,5-6,8-9H2,1H3. The van der Waals surface area contributed by atoms with E-state index in [4.69, 9.17) is 4.74 Å². The van der Waals surface area contributed by atoms with Crippen molar-refractivity contribution in [3.05, 3.63) is 46.7 Å². The minimum atomic E-state index is 0.154. The van der Waals surface area contributed by atoms with Crippen LogP contribution < -0.4 is 10.1 Å².